The van der Waals surface area contributed by atoms with E-state index in [1.165, 1.54) is 11.8 Å². The van der Waals surface area contributed by atoms with E-state index >= 15 is 0 Å². The van der Waals surface area contributed by atoms with E-state index in [4.69, 9.17) is 4.74 Å². The van der Waals surface area contributed by atoms with Crippen LogP contribution in [0.25, 0.3) is 5.69 Å². The molecule has 0 saturated carbocycles. The third-order valence-corrected chi connectivity index (χ3v) is 6.10. The van der Waals surface area contributed by atoms with E-state index in [1.807, 2.05) is 90.4 Å². The van der Waals surface area contributed by atoms with Crippen LogP contribution in [-0.2, 0) is 17.8 Å². The van der Waals surface area contributed by atoms with Crippen LogP contribution in [0.3, 0.4) is 0 Å². The van der Waals surface area contributed by atoms with Crippen molar-refractivity contribution in [1.29, 1.82) is 0 Å². The summed E-state index contributed by atoms with van der Waals surface area (Å²) in [6.07, 6.45) is 0.857. The van der Waals surface area contributed by atoms with Crippen molar-refractivity contribution in [3.05, 3.63) is 95.8 Å². The van der Waals surface area contributed by atoms with Crippen molar-refractivity contribution >= 4 is 23.4 Å². The molecule has 4 aromatic rings. The van der Waals surface area contributed by atoms with Gasteiger partial charge in [0.25, 0.3) is 0 Å². The highest BCUT2D eigenvalue weighted by Crippen LogP contribution is 2.24. The number of hydrogen-bond donors (Lipinski definition) is 1. The van der Waals surface area contributed by atoms with Gasteiger partial charge < -0.3 is 10.1 Å². The summed E-state index contributed by atoms with van der Waals surface area (Å²) >= 11 is 1.35. The van der Waals surface area contributed by atoms with Crippen molar-refractivity contribution in [3.63, 3.8) is 0 Å². The van der Waals surface area contributed by atoms with E-state index < -0.39 is 0 Å². The van der Waals surface area contributed by atoms with E-state index in [0.29, 0.717) is 11.0 Å². The molecule has 0 radical (unpaired) electrons. The van der Waals surface area contributed by atoms with E-state index in [2.05, 4.69) is 22.4 Å². The average Bonchev–Trinajstić information content (AvgIpc) is 3.26. The Morgan fingerprint density at radius 1 is 0.970 bits per heavy atom. The highest BCUT2D eigenvalue weighted by molar-refractivity contribution is 7.99. The summed E-state index contributed by atoms with van der Waals surface area (Å²) in [4.78, 5) is 12.6. The van der Waals surface area contributed by atoms with Gasteiger partial charge in [-0.1, -0.05) is 73.3 Å². The first-order chi connectivity index (χ1) is 16.2. The van der Waals surface area contributed by atoms with Crippen LogP contribution >= 0.6 is 11.8 Å². The van der Waals surface area contributed by atoms with Crippen LogP contribution in [0.5, 0.6) is 5.75 Å². The Labute approximate surface area is 198 Å². The maximum atomic E-state index is 12.6. The minimum absolute atomic E-state index is 0.0822. The second kappa shape index (κ2) is 10.8. The molecule has 33 heavy (non-hydrogen) atoms. The van der Waals surface area contributed by atoms with Crippen molar-refractivity contribution in [2.75, 3.05) is 11.1 Å². The number of amides is 1. The van der Waals surface area contributed by atoms with Crippen LogP contribution in [0.4, 0.5) is 5.69 Å². The Morgan fingerprint density at radius 2 is 1.70 bits per heavy atom. The van der Waals surface area contributed by atoms with Gasteiger partial charge in [-0.15, -0.1) is 10.2 Å². The van der Waals surface area contributed by atoms with E-state index in [1.54, 1.807) is 0 Å². The second-order valence-electron chi connectivity index (χ2n) is 7.47. The Morgan fingerprint density at radius 3 is 2.48 bits per heavy atom. The van der Waals surface area contributed by atoms with Crippen molar-refractivity contribution in [2.24, 2.45) is 0 Å². The molecule has 1 heterocycles. The van der Waals surface area contributed by atoms with Gasteiger partial charge in [-0.25, -0.2) is 0 Å². The molecule has 4 rings (SSSR count). The zero-order valence-electron chi connectivity index (χ0n) is 18.7. The molecule has 0 spiro atoms. The minimum Gasteiger partial charge on any atom is -0.485 e. The lowest BCUT2D eigenvalue weighted by Crippen LogP contribution is -2.16. The van der Waals surface area contributed by atoms with Gasteiger partial charge in [0.15, 0.2) is 11.0 Å². The summed E-state index contributed by atoms with van der Waals surface area (Å²) in [6, 6.07) is 25.6. The summed E-state index contributed by atoms with van der Waals surface area (Å²) < 4.78 is 7.96. The predicted molar refractivity (Wildman–Crippen MR) is 132 cm³/mol. The molecule has 0 saturated heterocycles. The van der Waals surface area contributed by atoms with Gasteiger partial charge in [0.2, 0.25) is 5.91 Å². The molecule has 0 atom stereocenters. The number of rotatable bonds is 9. The number of benzene rings is 3. The molecule has 7 heteroatoms. The molecule has 0 aliphatic rings. The quantitative estimate of drug-likeness (QED) is 0.338. The fourth-order valence-electron chi connectivity index (χ4n) is 3.45. The largest absolute Gasteiger partial charge is 0.485 e. The molecule has 0 aliphatic carbocycles. The highest BCUT2D eigenvalue weighted by atomic mass is 32.2. The van der Waals surface area contributed by atoms with Crippen molar-refractivity contribution in [3.8, 4) is 11.4 Å². The van der Waals surface area contributed by atoms with Crippen molar-refractivity contribution < 1.29 is 9.53 Å². The lowest BCUT2D eigenvalue weighted by Gasteiger charge is -2.12. The number of aromatic nitrogens is 3. The molecule has 1 amide bonds. The van der Waals surface area contributed by atoms with Gasteiger partial charge >= 0.3 is 0 Å². The van der Waals surface area contributed by atoms with Crippen LogP contribution in [0, 0.1) is 6.92 Å². The highest BCUT2D eigenvalue weighted by Gasteiger charge is 2.17. The summed E-state index contributed by atoms with van der Waals surface area (Å²) in [5.41, 5.74) is 3.94. The molecule has 0 aliphatic heterocycles. The lowest BCUT2D eigenvalue weighted by atomic mass is 10.1. The fraction of sp³-hybridized carbons (Fsp3) is 0.192. The molecule has 0 bridgehead atoms. The molecule has 6 nitrogen and oxygen atoms in total. The maximum absolute atomic E-state index is 12.6. The summed E-state index contributed by atoms with van der Waals surface area (Å²) in [5.74, 6) is 1.62. The number of anilines is 1. The zero-order chi connectivity index (χ0) is 23.0. The van der Waals surface area contributed by atoms with Gasteiger partial charge in [-0.2, -0.15) is 0 Å². The van der Waals surface area contributed by atoms with Crippen LogP contribution in [0.2, 0.25) is 0 Å². The van der Waals surface area contributed by atoms with Crippen molar-refractivity contribution in [1.82, 2.24) is 14.8 Å². The predicted octanol–water partition coefficient (Wildman–Crippen LogP) is 5.45. The lowest BCUT2D eigenvalue weighted by molar-refractivity contribution is -0.113. The molecule has 1 aromatic heterocycles. The number of ether oxygens (including phenoxy) is 1. The van der Waals surface area contributed by atoms with Crippen LogP contribution in [0.1, 0.15) is 23.9 Å². The normalized spacial score (nSPS) is 10.7. The molecule has 0 fully saturated rings. The summed E-state index contributed by atoms with van der Waals surface area (Å²) in [7, 11) is 0. The summed E-state index contributed by atoms with van der Waals surface area (Å²) in [5, 5.41) is 12.4. The smallest absolute Gasteiger partial charge is 0.234 e. The minimum atomic E-state index is -0.0822. The van der Waals surface area contributed by atoms with E-state index in [9.17, 15) is 4.79 Å². The molecule has 0 unspecified atom stereocenters. The standard InChI is InChI=1S/C26H26N4O2S/c1-3-20-12-8-9-15-22(20)27-25(31)18-33-26-29-28-24(30(26)21-13-5-4-6-14-21)17-32-23-16-10-7-11-19(23)2/h4-16H,3,17-18H2,1-2H3,(H,27,31). The third-order valence-electron chi connectivity index (χ3n) is 5.17. The first kappa shape index (κ1) is 22.6. The number of thioether (sulfide) groups is 1. The van der Waals surface area contributed by atoms with Crippen molar-refractivity contribution in [2.45, 2.75) is 32.0 Å². The number of para-hydroxylation sites is 3. The molecule has 168 valence electrons. The SMILES string of the molecule is CCc1ccccc1NC(=O)CSc1nnc(COc2ccccc2C)n1-c1ccccc1. The fourth-order valence-corrected chi connectivity index (χ4v) is 4.22. The number of carbonyl (C=O) groups excluding carboxylic acids is 1. The van der Waals surface area contributed by atoms with Gasteiger partial charge in [0.05, 0.1) is 5.75 Å². The molecule has 3 aromatic carbocycles. The monoisotopic (exact) mass is 458 g/mol. The Balaban J connectivity index is 1.50. The van der Waals surface area contributed by atoms with Gasteiger partial charge in [-0.3, -0.25) is 9.36 Å². The van der Waals surface area contributed by atoms with Crippen LogP contribution < -0.4 is 10.1 Å². The number of hydrogen-bond acceptors (Lipinski definition) is 5. The Bertz CT molecular complexity index is 1220. The van der Waals surface area contributed by atoms with E-state index in [-0.39, 0.29) is 18.3 Å². The number of nitrogens with one attached hydrogen (secondary N) is 1. The van der Waals surface area contributed by atoms with Crippen LogP contribution in [-0.4, -0.2) is 26.4 Å². The number of aryl methyl sites for hydroxylation is 2. The Hall–Kier alpha value is -3.58. The maximum Gasteiger partial charge on any atom is 0.234 e. The zero-order valence-corrected chi connectivity index (χ0v) is 19.5. The summed E-state index contributed by atoms with van der Waals surface area (Å²) in [6.45, 7) is 4.35. The first-order valence-electron chi connectivity index (χ1n) is 10.8. The Kier molecular flexibility index (Phi) is 7.42. The average molecular weight is 459 g/mol. The van der Waals surface area contributed by atoms with E-state index in [0.717, 1.165) is 34.7 Å². The van der Waals surface area contributed by atoms with Gasteiger partial charge in [0.1, 0.15) is 12.4 Å². The third kappa shape index (κ3) is 5.62. The first-order valence-corrected chi connectivity index (χ1v) is 11.8. The van der Waals surface area contributed by atoms with Crippen LogP contribution in [0.15, 0.2) is 84.0 Å². The second-order valence-corrected chi connectivity index (χ2v) is 8.41. The molecular formula is C26H26N4O2S. The topological polar surface area (TPSA) is 69.0 Å². The molecule has 1 N–H and O–H groups in total. The number of carbonyl (C=O) groups is 1. The number of nitrogens with zero attached hydrogens (tertiary/aromatic N) is 3. The van der Waals surface area contributed by atoms with Gasteiger partial charge in [-0.05, 0) is 48.7 Å². The van der Waals surface area contributed by atoms with Gasteiger partial charge in [0, 0.05) is 11.4 Å². The molecular weight excluding hydrogens is 432 g/mol.